The molecule has 13 heteroatoms. The molecule has 0 aliphatic carbocycles. The van der Waals surface area contributed by atoms with Crippen molar-refractivity contribution in [2.75, 3.05) is 32.5 Å². The third-order valence-electron chi connectivity index (χ3n) is 5.70. The first-order valence-corrected chi connectivity index (χ1v) is 11.8. The number of likely N-dealkylation sites (N-methyl/N-ethyl adjacent to an activating group) is 2. The smallest absolute Gasteiger partial charge is 0.314 e. The van der Waals surface area contributed by atoms with E-state index in [4.69, 9.17) is 11.6 Å². The largest absolute Gasteiger partial charge is 0.344 e. The zero-order chi connectivity index (χ0) is 24.4. The van der Waals surface area contributed by atoms with E-state index >= 15 is 0 Å². The van der Waals surface area contributed by atoms with E-state index in [0.29, 0.717) is 10.0 Å². The number of thiazole rings is 1. The average molecular weight is 506 g/mol. The van der Waals surface area contributed by atoms with Gasteiger partial charge >= 0.3 is 11.8 Å². The van der Waals surface area contributed by atoms with Crippen molar-refractivity contribution in [1.29, 1.82) is 0 Å². The standard InChI is InChI=1S/C21H24ClN7O4S/c1-28-6-5-12-15(10-28)34-21(26-12)20(33)25-14-9-29(2)17(30)7-13(14)24-18(31)19(32)27-16-4-3-11(22)8-23-16/h3-4,8,13-14H,5-7,9-10H2,1-2H3,(H,24,31)(H,25,33)(H,23,27,32)/t13-,14+/m0/s1. The van der Waals surface area contributed by atoms with E-state index in [-0.39, 0.29) is 30.6 Å². The van der Waals surface area contributed by atoms with Crippen LogP contribution in [-0.2, 0) is 27.3 Å². The number of hydrogen-bond donors (Lipinski definition) is 3. The van der Waals surface area contributed by atoms with Crippen molar-refractivity contribution in [3.63, 3.8) is 0 Å². The Hall–Kier alpha value is -3.09. The van der Waals surface area contributed by atoms with Crippen LogP contribution in [0.2, 0.25) is 5.02 Å². The highest BCUT2D eigenvalue weighted by Gasteiger charge is 2.36. The number of nitrogens with zero attached hydrogens (tertiary/aromatic N) is 4. The summed E-state index contributed by atoms with van der Waals surface area (Å²) in [4.78, 5) is 63.1. The first-order chi connectivity index (χ1) is 16.2. The van der Waals surface area contributed by atoms with Crippen LogP contribution in [0.5, 0.6) is 0 Å². The normalized spacial score (nSPS) is 20.4. The van der Waals surface area contributed by atoms with Crippen molar-refractivity contribution in [3.8, 4) is 0 Å². The summed E-state index contributed by atoms with van der Waals surface area (Å²) in [5.41, 5.74) is 0.932. The van der Waals surface area contributed by atoms with Crippen LogP contribution in [0.25, 0.3) is 0 Å². The molecule has 0 aromatic carbocycles. The van der Waals surface area contributed by atoms with Crippen molar-refractivity contribution < 1.29 is 19.2 Å². The Bertz CT molecular complexity index is 1120. The molecule has 1 saturated heterocycles. The predicted octanol–water partition coefficient (Wildman–Crippen LogP) is 0.263. The van der Waals surface area contributed by atoms with E-state index in [2.05, 4.69) is 30.8 Å². The lowest BCUT2D eigenvalue weighted by Crippen LogP contribution is -2.62. The van der Waals surface area contributed by atoms with Crippen LogP contribution in [0.1, 0.15) is 26.8 Å². The maximum absolute atomic E-state index is 12.9. The van der Waals surface area contributed by atoms with Gasteiger partial charge in [-0.15, -0.1) is 11.3 Å². The number of rotatable bonds is 4. The van der Waals surface area contributed by atoms with Gasteiger partial charge in [0.05, 0.1) is 22.8 Å². The van der Waals surface area contributed by atoms with Gasteiger partial charge in [-0.05, 0) is 19.2 Å². The molecule has 0 bridgehead atoms. The lowest BCUT2D eigenvalue weighted by Gasteiger charge is -2.36. The van der Waals surface area contributed by atoms with Gasteiger partial charge in [0.2, 0.25) is 5.91 Å². The molecule has 1 fully saturated rings. The quantitative estimate of drug-likeness (QED) is 0.507. The molecule has 4 heterocycles. The van der Waals surface area contributed by atoms with Crippen molar-refractivity contribution in [2.45, 2.75) is 31.5 Å². The minimum Gasteiger partial charge on any atom is -0.344 e. The summed E-state index contributed by atoms with van der Waals surface area (Å²) in [6, 6.07) is 1.63. The first kappa shape index (κ1) is 24.0. The Labute approximate surface area is 204 Å². The molecule has 180 valence electrons. The van der Waals surface area contributed by atoms with E-state index in [1.165, 1.54) is 34.6 Å². The number of carbonyl (C=O) groups is 4. The Morgan fingerprint density at radius 1 is 1.15 bits per heavy atom. The Morgan fingerprint density at radius 2 is 1.94 bits per heavy atom. The maximum Gasteiger partial charge on any atom is 0.314 e. The molecular weight excluding hydrogens is 482 g/mol. The summed E-state index contributed by atoms with van der Waals surface area (Å²) in [6.07, 6.45) is 2.07. The second-order valence-electron chi connectivity index (χ2n) is 8.33. The van der Waals surface area contributed by atoms with Gasteiger partial charge in [-0.1, -0.05) is 11.6 Å². The monoisotopic (exact) mass is 505 g/mol. The number of amides is 4. The zero-order valence-electron chi connectivity index (χ0n) is 18.6. The van der Waals surface area contributed by atoms with Gasteiger partial charge in [0.1, 0.15) is 5.82 Å². The second-order valence-corrected chi connectivity index (χ2v) is 9.85. The molecule has 34 heavy (non-hydrogen) atoms. The third-order valence-corrected chi connectivity index (χ3v) is 7.01. The zero-order valence-corrected chi connectivity index (χ0v) is 20.2. The molecule has 2 atom stereocenters. The highest BCUT2D eigenvalue weighted by molar-refractivity contribution is 7.13. The van der Waals surface area contributed by atoms with E-state index in [0.717, 1.165) is 30.1 Å². The van der Waals surface area contributed by atoms with Crippen LogP contribution in [0.4, 0.5) is 5.82 Å². The number of hydrogen-bond acceptors (Lipinski definition) is 8. The van der Waals surface area contributed by atoms with Gasteiger partial charge in [-0.3, -0.25) is 19.2 Å². The fourth-order valence-corrected chi connectivity index (χ4v) is 5.02. The summed E-state index contributed by atoms with van der Waals surface area (Å²) < 4.78 is 0. The van der Waals surface area contributed by atoms with E-state index in [9.17, 15) is 19.2 Å². The Kier molecular flexibility index (Phi) is 7.10. The lowest BCUT2D eigenvalue weighted by atomic mass is 9.98. The second kappa shape index (κ2) is 10.0. The molecule has 4 amide bonds. The Morgan fingerprint density at radius 3 is 2.68 bits per heavy atom. The summed E-state index contributed by atoms with van der Waals surface area (Å²) in [6.45, 7) is 1.82. The van der Waals surface area contributed by atoms with E-state index in [1.807, 2.05) is 7.05 Å². The van der Waals surface area contributed by atoms with Gasteiger partial charge in [-0.2, -0.15) is 0 Å². The summed E-state index contributed by atoms with van der Waals surface area (Å²) in [7, 11) is 3.64. The molecule has 2 aromatic rings. The van der Waals surface area contributed by atoms with Crippen molar-refractivity contribution in [3.05, 3.63) is 38.9 Å². The fraction of sp³-hybridized carbons (Fsp3) is 0.429. The maximum atomic E-state index is 12.9. The highest BCUT2D eigenvalue weighted by Crippen LogP contribution is 2.25. The molecular formula is C21H24ClN7O4S. The van der Waals surface area contributed by atoms with Gasteiger partial charge in [0.25, 0.3) is 5.91 Å². The Balaban J connectivity index is 1.42. The summed E-state index contributed by atoms with van der Waals surface area (Å²) in [5.74, 6) is -2.30. The van der Waals surface area contributed by atoms with E-state index < -0.39 is 23.9 Å². The first-order valence-electron chi connectivity index (χ1n) is 10.6. The van der Waals surface area contributed by atoms with Gasteiger partial charge in [0, 0.05) is 50.6 Å². The number of likely N-dealkylation sites (tertiary alicyclic amines) is 1. The summed E-state index contributed by atoms with van der Waals surface area (Å²) in [5, 5.41) is 8.56. The topological polar surface area (TPSA) is 137 Å². The van der Waals surface area contributed by atoms with Gasteiger partial charge < -0.3 is 25.8 Å². The van der Waals surface area contributed by atoms with E-state index in [1.54, 1.807) is 7.05 Å². The lowest BCUT2D eigenvalue weighted by molar-refractivity contribution is -0.139. The molecule has 0 saturated carbocycles. The average Bonchev–Trinajstić information content (AvgIpc) is 3.22. The number of carbonyl (C=O) groups excluding carboxylic acids is 4. The predicted molar refractivity (Wildman–Crippen MR) is 125 cm³/mol. The van der Waals surface area contributed by atoms with Gasteiger partial charge in [-0.25, -0.2) is 9.97 Å². The van der Waals surface area contributed by atoms with Crippen molar-refractivity contribution in [2.24, 2.45) is 0 Å². The number of anilines is 1. The molecule has 2 aromatic heterocycles. The third kappa shape index (κ3) is 5.51. The number of piperidine rings is 1. The van der Waals surface area contributed by atoms with Crippen LogP contribution in [0, 0.1) is 0 Å². The number of aromatic nitrogens is 2. The molecule has 4 rings (SSSR count). The number of nitrogens with one attached hydrogen (secondary N) is 3. The molecule has 0 radical (unpaired) electrons. The molecule has 11 nitrogen and oxygen atoms in total. The van der Waals surface area contributed by atoms with Crippen LogP contribution in [-0.4, -0.2) is 82.7 Å². The SMILES string of the molecule is CN1CCc2nc(C(=O)N[C@@H]3CN(C)C(=O)C[C@@H]3NC(=O)C(=O)Nc3ccc(Cl)cn3)sc2C1. The fourth-order valence-electron chi connectivity index (χ4n) is 3.82. The van der Waals surface area contributed by atoms with Crippen molar-refractivity contribution in [1.82, 2.24) is 30.4 Å². The summed E-state index contributed by atoms with van der Waals surface area (Å²) >= 11 is 7.12. The van der Waals surface area contributed by atoms with Crippen LogP contribution in [0.3, 0.4) is 0 Å². The van der Waals surface area contributed by atoms with Crippen molar-refractivity contribution >= 4 is 52.4 Å². The number of fused-ring (bicyclic) bond motifs is 1. The molecule has 2 aliphatic heterocycles. The van der Waals surface area contributed by atoms with Crippen LogP contribution < -0.4 is 16.0 Å². The highest BCUT2D eigenvalue weighted by atomic mass is 35.5. The molecule has 0 unspecified atom stereocenters. The molecule has 2 aliphatic rings. The number of pyridine rings is 1. The van der Waals surface area contributed by atoms with Crippen LogP contribution >= 0.6 is 22.9 Å². The number of halogens is 1. The molecule has 3 N–H and O–H groups in total. The van der Waals surface area contributed by atoms with Crippen LogP contribution in [0.15, 0.2) is 18.3 Å². The minimum absolute atomic E-state index is 0.0567. The minimum atomic E-state index is -0.942. The molecule has 0 spiro atoms. The van der Waals surface area contributed by atoms with Gasteiger partial charge in [0.15, 0.2) is 5.01 Å².